The first-order valence-corrected chi connectivity index (χ1v) is 15.0. The Morgan fingerprint density at radius 2 is 1.72 bits per heavy atom. The molecule has 226 valence electrons. The summed E-state index contributed by atoms with van der Waals surface area (Å²) in [5.41, 5.74) is 9.14. The van der Waals surface area contributed by atoms with E-state index in [-0.39, 0.29) is 5.91 Å². The molecular weight excluding hydrogens is 572 g/mol. The van der Waals surface area contributed by atoms with Gasteiger partial charge in [0.25, 0.3) is 5.91 Å². The van der Waals surface area contributed by atoms with E-state index in [2.05, 4.69) is 73.5 Å². The molecule has 0 aliphatic heterocycles. The minimum absolute atomic E-state index is 0.190. The van der Waals surface area contributed by atoms with E-state index >= 15 is 0 Å². The number of carbonyl (C=O) groups is 1. The highest BCUT2D eigenvalue weighted by Gasteiger charge is 2.16. The van der Waals surface area contributed by atoms with Crippen LogP contribution < -0.4 is 15.4 Å². The quantitative estimate of drug-likeness (QED) is 0.181. The second-order valence-electron chi connectivity index (χ2n) is 11.3. The van der Waals surface area contributed by atoms with Crippen molar-refractivity contribution in [2.75, 3.05) is 17.7 Å². The molecule has 0 spiro atoms. The topological polar surface area (TPSA) is 94.0 Å². The molecule has 8 nitrogen and oxygen atoms in total. The van der Waals surface area contributed by atoms with Gasteiger partial charge in [-0.25, -0.2) is 9.97 Å². The number of benzene rings is 4. The molecule has 3 aromatic heterocycles. The van der Waals surface area contributed by atoms with Gasteiger partial charge < -0.3 is 19.9 Å². The highest BCUT2D eigenvalue weighted by molar-refractivity contribution is 6.10. The number of rotatable bonds is 8. The number of ether oxygens (including phenoxy) is 1. The summed E-state index contributed by atoms with van der Waals surface area (Å²) in [6.45, 7) is 4.72. The fourth-order valence-corrected chi connectivity index (χ4v) is 5.80. The van der Waals surface area contributed by atoms with Gasteiger partial charge in [-0.1, -0.05) is 36.4 Å². The third-order valence-electron chi connectivity index (χ3n) is 8.11. The average Bonchev–Trinajstić information content (AvgIpc) is 3.39. The fraction of sp³-hybridized carbons (Fsp3) is 0.105. The number of hydrogen-bond donors (Lipinski definition) is 2. The summed E-state index contributed by atoms with van der Waals surface area (Å²) in [4.78, 5) is 26.5. The van der Waals surface area contributed by atoms with Crippen LogP contribution in [0.2, 0.25) is 0 Å². The lowest BCUT2D eigenvalue weighted by atomic mass is 10.1. The number of fused-ring (bicyclic) bond motifs is 3. The van der Waals surface area contributed by atoms with Gasteiger partial charge in [0.05, 0.1) is 18.3 Å². The van der Waals surface area contributed by atoms with E-state index in [4.69, 9.17) is 4.74 Å². The van der Waals surface area contributed by atoms with Crippen LogP contribution in [-0.4, -0.2) is 32.5 Å². The van der Waals surface area contributed by atoms with E-state index in [1.807, 2.05) is 67.6 Å². The molecule has 0 unspecified atom stereocenters. The first kappa shape index (κ1) is 28.7. The number of carbonyl (C=O) groups excluding carboxylic acids is 1. The van der Waals surface area contributed by atoms with Crippen LogP contribution >= 0.6 is 0 Å². The monoisotopic (exact) mass is 604 g/mol. The van der Waals surface area contributed by atoms with Gasteiger partial charge in [-0.05, 0) is 91.2 Å². The number of methoxy groups -OCH3 is 1. The van der Waals surface area contributed by atoms with E-state index in [0.717, 1.165) is 50.4 Å². The zero-order valence-electron chi connectivity index (χ0n) is 25.8. The number of nitrogens with one attached hydrogen (secondary N) is 2. The number of amides is 1. The third kappa shape index (κ3) is 5.64. The van der Waals surface area contributed by atoms with E-state index in [1.54, 1.807) is 25.7 Å². The molecule has 8 heteroatoms. The van der Waals surface area contributed by atoms with Crippen molar-refractivity contribution in [1.82, 2.24) is 19.5 Å². The number of aromatic nitrogens is 4. The van der Waals surface area contributed by atoms with Crippen molar-refractivity contribution >= 4 is 45.0 Å². The average molecular weight is 605 g/mol. The first-order chi connectivity index (χ1) is 22.5. The molecule has 7 rings (SSSR count). The molecule has 3 heterocycles. The van der Waals surface area contributed by atoms with Gasteiger partial charge in [-0.15, -0.1) is 0 Å². The molecule has 0 saturated heterocycles. The van der Waals surface area contributed by atoms with E-state index < -0.39 is 0 Å². The Hall–Kier alpha value is -6.02. The fourth-order valence-electron chi connectivity index (χ4n) is 5.80. The Labute approximate surface area is 266 Å². The van der Waals surface area contributed by atoms with Gasteiger partial charge >= 0.3 is 0 Å². The van der Waals surface area contributed by atoms with Crippen molar-refractivity contribution in [2.24, 2.45) is 0 Å². The summed E-state index contributed by atoms with van der Waals surface area (Å²) in [5, 5.41) is 8.69. The molecule has 0 atom stereocenters. The van der Waals surface area contributed by atoms with Crippen molar-refractivity contribution < 1.29 is 9.53 Å². The van der Waals surface area contributed by atoms with Gasteiger partial charge in [0.1, 0.15) is 5.75 Å². The lowest BCUT2D eigenvalue weighted by Crippen LogP contribution is -2.12. The highest BCUT2D eigenvalue weighted by atomic mass is 16.5. The maximum Gasteiger partial charge on any atom is 0.255 e. The Morgan fingerprint density at radius 3 is 2.52 bits per heavy atom. The molecule has 46 heavy (non-hydrogen) atoms. The Kier molecular flexibility index (Phi) is 7.60. The Bertz CT molecular complexity index is 2210. The van der Waals surface area contributed by atoms with Crippen LogP contribution in [0.5, 0.6) is 5.75 Å². The summed E-state index contributed by atoms with van der Waals surface area (Å²) in [6.07, 6.45) is 5.20. The molecule has 1 amide bonds. The van der Waals surface area contributed by atoms with Crippen LogP contribution in [0.4, 0.5) is 17.3 Å². The van der Waals surface area contributed by atoms with Gasteiger partial charge in [0.15, 0.2) is 0 Å². The Morgan fingerprint density at radius 1 is 0.870 bits per heavy atom. The first-order valence-electron chi connectivity index (χ1n) is 15.0. The van der Waals surface area contributed by atoms with Crippen LogP contribution in [0.3, 0.4) is 0 Å². The second-order valence-corrected chi connectivity index (χ2v) is 11.3. The lowest BCUT2D eigenvalue weighted by Gasteiger charge is -2.13. The molecule has 4 aromatic carbocycles. The van der Waals surface area contributed by atoms with Crippen molar-refractivity contribution in [1.29, 1.82) is 0 Å². The van der Waals surface area contributed by atoms with Crippen LogP contribution in [-0.2, 0) is 6.54 Å². The van der Waals surface area contributed by atoms with Gasteiger partial charge in [-0.3, -0.25) is 9.78 Å². The maximum atomic E-state index is 13.3. The zero-order valence-corrected chi connectivity index (χ0v) is 25.8. The molecule has 0 saturated carbocycles. The van der Waals surface area contributed by atoms with Crippen LogP contribution in [0.15, 0.2) is 116 Å². The maximum absolute atomic E-state index is 13.3. The van der Waals surface area contributed by atoms with Crippen molar-refractivity contribution in [3.63, 3.8) is 0 Å². The summed E-state index contributed by atoms with van der Waals surface area (Å²) >= 11 is 0. The van der Waals surface area contributed by atoms with Crippen molar-refractivity contribution in [3.8, 4) is 17.0 Å². The summed E-state index contributed by atoms with van der Waals surface area (Å²) in [6, 6.07) is 31.8. The van der Waals surface area contributed by atoms with Gasteiger partial charge in [0, 0.05) is 63.9 Å². The Balaban J connectivity index is 1.09. The number of hydrogen-bond acceptors (Lipinski definition) is 6. The van der Waals surface area contributed by atoms with E-state index in [9.17, 15) is 4.79 Å². The van der Waals surface area contributed by atoms with E-state index in [0.29, 0.717) is 23.7 Å². The third-order valence-corrected chi connectivity index (χ3v) is 8.11. The highest BCUT2D eigenvalue weighted by Crippen LogP contribution is 2.36. The zero-order chi connectivity index (χ0) is 31.6. The van der Waals surface area contributed by atoms with Gasteiger partial charge in [0.2, 0.25) is 5.95 Å². The molecule has 0 aliphatic carbocycles. The molecular formula is C38H32N6O2. The summed E-state index contributed by atoms with van der Waals surface area (Å²) < 4.78 is 8.10. The number of anilines is 3. The number of pyridine rings is 1. The number of para-hydroxylation sites is 1. The SMILES string of the molecule is COc1cc(C)cc2c3ccccc3n(Cc3ccc(C(=O)Nc4ccc(C)c(Nc5nccc(-c6cccnc6)n5)c4)cc3)c12. The summed E-state index contributed by atoms with van der Waals surface area (Å²) in [5.74, 6) is 1.12. The normalized spacial score (nSPS) is 11.1. The predicted octanol–water partition coefficient (Wildman–Crippen LogP) is 8.32. The second kappa shape index (κ2) is 12.2. The van der Waals surface area contributed by atoms with Crippen LogP contribution in [0.25, 0.3) is 33.1 Å². The molecule has 7 aromatic rings. The molecule has 0 radical (unpaired) electrons. The van der Waals surface area contributed by atoms with E-state index in [1.165, 1.54) is 10.8 Å². The molecule has 2 N–H and O–H groups in total. The minimum atomic E-state index is -0.190. The number of nitrogens with zero attached hydrogens (tertiary/aromatic N) is 4. The van der Waals surface area contributed by atoms with Crippen LogP contribution in [0.1, 0.15) is 27.0 Å². The number of aryl methyl sites for hydroxylation is 2. The molecule has 0 aliphatic rings. The van der Waals surface area contributed by atoms with Crippen molar-refractivity contribution in [2.45, 2.75) is 20.4 Å². The lowest BCUT2D eigenvalue weighted by molar-refractivity contribution is 0.102. The minimum Gasteiger partial charge on any atom is -0.495 e. The van der Waals surface area contributed by atoms with Gasteiger partial charge in [-0.2, -0.15) is 0 Å². The largest absolute Gasteiger partial charge is 0.495 e. The summed E-state index contributed by atoms with van der Waals surface area (Å²) in [7, 11) is 1.71. The predicted molar refractivity (Wildman–Crippen MR) is 184 cm³/mol. The molecule has 0 bridgehead atoms. The molecule has 0 fully saturated rings. The standard InChI is InChI=1S/C38H32N6O2/c1-24-19-31-30-8-4-5-9-34(30)44(36(31)35(20-24)46-3)23-26-11-13-27(14-12-26)37(45)41-29-15-10-25(2)33(21-29)43-38-40-18-16-32(42-38)28-7-6-17-39-22-28/h4-22H,23H2,1-3H3,(H,41,45)(H,40,42,43). The van der Waals surface area contributed by atoms with Crippen molar-refractivity contribution in [3.05, 3.63) is 138 Å². The van der Waals surface area contributed by atoms with Crippen LogP contribution in [0, 0.1) is 13.8 Å². The smallest absolute Gasteiger partial charge is 0.255 e.